The van der Waals surface area contributed by atoms with Gasteiger partial charge in [0.05, 0.1) is 0 Å². The van der Waals surface area contributed by atoms with Crippen molar-refractivity contribution >= 4 is 29.8 Å². The molecule has 2 aromatic rings. The molecule has 0 radical (unpaired) electrons. The maximum absolute atomic E-state index is 12.8. The molecule has 3 rings (SSSR count). The lowest BCUT2D eigenvalue weighted by molar-refractivity contribution is -0.0722. The van der Waals surface area contributed by atoms with Gasteiger partial charge in [-0.15, -0.1) is 17.5 Å². The molecule has 0 atom stereocenters. The molecule has 1 heterocycles. The highest BCUT2D eigenvalue weighted by molar-refractivity contribution is 6.03. The minimum Gasteiger partial charge on any atom is -0.399 e. The van der Waals surface area contributed by atoms with E-state index in [1.54, 1.807) is 14.1 Å². The summed E-state index contributed by atoms with van der Waals surface area (Å²) in [5, 5.41) is 1.38. The lowest BCUT2D eigenvalue weighted by Gasteiger charge is -2.17. The van der Waals surface area contributed by atoms with Crippen LogP contribution in [0.15, 0.2) is 24.3 Å². The number of carbonyl (C=O) groups is 2. The maximum atomic E-state index is 12.8. The first-order chi connectivity index (χ1) is 12.4. The van der Waals surface area contributed by atoms with Crippen molar-refractivity contribution in [1.29, 1.82) is 0 Å². The second-order valence-electron chi connectivity index (χ2n) is 6.80. The van der Waals surface area contributed by atoms with Gasteiger partial charge in [-0.1, -0.05) is 19.1 Å². The topological polar surface area (TPSA) is 77.6 Å². The number of Topliss-reactive ketones (excluding diaryl/α,β-unsaturated/α-hetero) is 1. The van der Waals surface area contributed by atoms with Crippen LogP contribution in [0.5, 0.6) is 0 Å². The van der Waals surface area contributed by atoms with Crippen molar-refractivity contribution < 1.29 is 14.4 Å². The Hall–Kier alpha value is -2.31. The summed E-state index contributed by atoms with van der Waals surface area (Å²) in [6, 6.07) is 7.57. The molecule has 0 bridgehead atoms. The molecule has 0 unspecified atom stereocenters. The first-order valence-corrected chi connectivity index (χ1v) is 8.93. The molecule has 0 saturated carbocycles. The van der Waals surface area contributed by atoms with Crippen LogP contribution in [0.25, 0.3) is 0 Å². The second-order valence-corrected chi connectivity index (χ2v) is 6.80. The lowest BCUT2D eigenvalue weighted by atomic mass is 9.92. The van der Waals surface area contributed by atoms with Crippen LogP contribution >= 0.6 is 12.4 Å². The number of nitrogen functional groups attached to an aromatic ring is 1. The Balaban J connectivity index is 0.00000261. The van der Waals surface area contributed by atoms with E-state index in [-0.39, 0.29) is 18.2 Å². The van der Waals surface area contributed by atoms with Gasteiger partial charge < -0.3 is 15.1 Å². The number of aromatic nitrogens is 1. The van der Waals surface area contributed by atoms with Crippen LogP contribution in [0.3, 0.4) is 0 Å². The highest BCUT2D eigenvalue weighted by Gasteiger charge is 2.32. The first-order valence-electron chi connectivity index (χ1n) is 8.93. The van der Waals surface area contributed by atoms with Gasteiger partial charge in [-0.05, 0) is 42.5 Å². The Morgan fingerprint density at radius 1 is 1.22 bits per heavy atom. The first kappa shape index (κ1) is 21.0. The van der Waals surface area contributed by atoms with E-state index in [4.69, 9.17) is 10.6 Å². The van der Waals surface area contributed by atoms with E-state index in [2.05, 4.69) is 0 Å². The molecule has 1 aromatic heterocycles. The molecule has 2 N–H and O–H groups in total. The van der Waals surface area contributed by atoms with Crippen LogP contribution in [-0.2, 0) is 24.2 Å². The average Bonchev–Trinajstić information content (AvgIpc) is 2.91. The van der Waals surface area contributed by atoms with Crippen molar-refractivity contribution in [3.63, 3.8) is 0 Å². The van der Waals surface area contributed by atoms with E-state index in [0.717, 1.165) is 35.2 Å². The SMILES string of the molecule is CCc1c2c(n(Cc3ccc(N)cc3)c1C(=O)ON(C)C)CCCC2=O.Cl. The summed E-state index contributed by atoms with van der Waals surface area (Å²) in [6.07, 6.45) is 2.75. The minimum atomic E-state index is -0.426. The highest BCUT2D eigenvalue weighted by atomic mass is 35.5. The number of nitrogens with zero attached hydrogens (tertiary/aromatic N) is 2. The molecule has 0 amide bonds. The summed E-state index contributed by atoms with van der Waals surface area (Å²) in [7, 11) is 3.34. The van der Waals surface area contributed by atoms with Crippen molar-refractivity contribution in [1.82, 2.24) is 9.63 Å². The fraction of sp³-hybridized carbons (Fsp3) is 0.400. The molecule has 7 heteroatoms. The Morgan fingerprint density at radius 2 is 1.89 bits per heavy atom. The molecular weight excluding hydrogens is 366 g/mol. The predicted molar refractivity (Wildman–Crippen MR) is 107 cm³/mol. The zero-order valence-corrected chi connectivity index (χ0v) is 16.8. The fourth-order valence-corrected chi connectivity index (χ4v) is 3.62. The van der Waals surface area contributed by atoms with E-state index < -0.39 is 5.97 Å². The summed E-state index contributed by atoms with van der Waals surface area (Å²) in [6.45, 7) is 2.48. The number of hydrogen-bond donors (Lipinski definition) is 1. The molecule has 27 heavy (non-hydrogen) atoms. The Kier molecular flexibility index (Phi) is 6.68. The largest absolute Gasteiger partial charge is 0.399 e. The normalized spacial score (nSPS) is 13.3. The van der Waals surface area contributed by atoms with Gasteiger partial charge in [0.2, 0.25) is 0 Å². The number of fused-ring (bicyclic) bond motifs is 1. The standard InChI is InChI=1S/C20H25N3O3.ClH/c1-4-15-18-16(6-5-7-17(18)24)23(19(15)20(25)26-22(2)3)12-13-8-10-14(21)11-9-13;/h8-11H,4-7,12,21H2,1-3H3;1H. The van der Waals surface area contributed by atoms with Crippen molar-refractivity contribution in [2.24, 2.45) is 0 Å². The molecule has 1 aromatic carbocycles. The smallest absolute Gasteiger partial charge is 0.374 e. The van der Waals surface area contributed by atoms with Crippen molar-refractivity contribution in [3.05, 3.63) is 52.3 Å². The second kappa shape index (κ2) is 8.59. The van der Waals surface area contributed by atoms with Crippen LogP contribution in [0.1, 0.15) is 57.4 Å². The van der Waals surface area contributed by atoms with E-state index in [9.17, 15) is 9.59 Å². The van der Waals surface area contributed by atoms with E-state index in [1.807, 2.05) is 35.8 Å². The van der Waals surface area contributed by atoms with Gasteiger partial charge in [0.25, 0.3) is 0 Å². The van der Waals surface area contributed by atoms with Gasteiger partial charge >= 0.3 is 5.97 Å². The van der Waals surface area contributed by atoms with Crippen LogP contribution < -0.4 is 5.73 Å². The molecule has 0 fully saturated rings. The minimum absolute atomic E-state index is 0. The van der Waals surface area contributed by atoms with Gasteiger partial charge in [0.15, 0.2) is 5.78 Å². The lowest BCUT2D eigenvalue weighted by Crippen LogP contribution is -2.23. The number of nitrogens with two attached hydrogens (primary N) is 1. The molecule has 0 aliphatic heterocycles. The molecular formula is C20H26ClN3O3. The Bertz CT molecular complexity index is 841. The molecule has 0 saturated heterocycles. The number of rotatable bonds is 5. The number of carbonyl (C=O) groups excluding carboxylic acids is 2. The van der Waals surface area contributed by atoms with Gasteiger partial charge in [-0.2, -0.15) is 0 Å². The zero-order valence-electron chi connectivity index (χ0n) is 15.9. The Morgan fingerprint density at radius 3 is 2.48 bits per heavy atom. The van der Waals surface area contributed by atoms with Gasteiger partial charge in [0.1, 0.15) is 5.69 Å². The number of hydroxylamine groups is 2. The number of benzene rings is 1. The fourth-order valence-electron chi connectivity index (χ4n) is 3.62. The summed E-state index contributed by atoms with van der Waals surface area (Å²) in [4.78, 5) is 30.7. The number of halogens is 1. The third kappa shape index (κ3) is 4.17. The van der Waals surface area contributed by atoms with Crippen LogP contribution in [0.2, 0.25) is 0 Å². The highest BCUT2D eigenvalue weighted by Crippen LogP contribution is 2.32. The monoisotopic (exact) mass is 391 g/mol. The molecule has 0 spiro atoms. The molecule has 1 aliphatic rings. The van der Waals surface area contributed by atoms with Gasteiger partial charge in [0, 0.05) is 44.0 Å². The van der Waals surface area contributed by atoms with Crippen LogP contribution in [-0.4, -0.2) is 35.5 Å². The predicted octanol–water partition coefficient (Wildman–Crippen LogP) is 3.26. The van der Waals surface area contributed by atoms with Crippen molar-refractivity contribution in [2.45, 2.75) is 39.2 Å². The van der Waals surface area contributed by atoms with Gasteiger partial charge in [-0.3, -0.25) is 4.79 Å². The summed E-state index contributed by atoms with van der Waals surface area (Å²) in [5.41, 5.74) is 10.4. The third-order valence-electron chi connectivity index (χ3n) is 4.70. The van der Waals surface area contributed by atoms with Crippen molar-refractivity contribution in [2.75, 3.05) is 19.8 Å². The van der Waals surface area contributed by atoms with Gasteiger partial charge in [-0.25, -0.2) is 4.79 Å². The third-order valence-corrected chi connectivity index (χ3v) is 4.70. The van der Waals surface area contributed by atoms with Crippen molar-refractivity contribution in [3.8, 4) is 0 Å². The van der Waals surface area contributed by atoms with E-state index >= 15 is 0 Å². The quantitative estimate of drug-likeness (QED) is 0.625. The summed E-state index contributed by atoms with van der Waals surface area (Å²) < 4.78 is 1.96. The van der Waals surface area contributed by atoms with E-state index in [1.165, 1.54) is 5.06 Å². The van der Waals surface area contributed by atoms with Crippen LogP contribution in [0.4, 0.5) is 5.69 Å². The average molecular weight is 392 g/mol. The molecule has 1 aliphatic carbocycles. The maximum Gasteiger partial charge on any atom is 0.374 e. The summed E-state index contributed by atoms with van der Waals surface area (Å²) >= 11 is 0. The van der Waals surface area contributed by atoms with E-state index in [0.29, 0.717) is 30.8 Å². The summed E-state index contributed by atoms with van der Waals surface area (Å²) in [5.74, 6) is -0.303. The molecule has 6 nitrogen and oxygen atoms in total. The van der Waals surface area contributed by atoms with Crippen LogP contribution in [0, 0.1) is 0 Å². The zero-order chi connectivity index (χ0) is 18.8. The molecule has 146 valence electrons. The number of ketones is 1. The Labute approximate surface area is 165 Å². The number of anilines is 1. The number of hydrogen-bond acceptors (Lipinski definition) is 5.